The van der Waals surface area contributed by atoms with Crippen molar-refractivity contribution in [2.75, 3.05) is 26.5 Å². The van der Waals surface area contributed by atoms with E-state index in [9.17, 15) is 8.42 Å². The van der Waals surface area contributed by atoms with Gasteiger partial charge in [0, 0.05) is 6.26 Å². The van der Waals surface area contributed by atoms with Gasteiger partial charge in [-0.3, -0.25) is 0 Å². The molecule has 0 bridgehead atoms. The fourth-order valence-electron chi connectivity index (χ4n) is 2.63. The topological polar surface area (TPSA) is 55.4 Å². The molecular formula is C14H20ClNO3S. The third-order valence-corrected chi connectivity index (χ3v) is 5.04. The monoisotopic (exact) mass is 317 g/mol. The van der Waals surface area contributed by atoms with Crippen molar-refractivity contribution in [3.8, 4) is 5.75 Å². The summed E-state index contributed by atoms with van der Waals surface area (Å²) in [5.74, 6) is 0.816. The number of benzene rings is 1. The number of sulfone groups is 1. The van der Waals surface area contributed by atoms with Crippen LogP contribution < -0.4 is 10.1 Å². The molecule has 0 unspecified atom stereocenters. The lowest BCUT2D eigenvalue weighted by Gasteiger charge is -2.23. The quantitative estimate of drug-likeness (QED) is 0.925. The second kappa shape index (κ2) is 6.33. The number of nitrogens with one attached hydrogen (secondary N) is 1. The zero-order valence-electron chi connectivity index (χ0n) is 11.8. The SMILES string of the molecule is COc1c(Cl)cc(CC2CCNCC2)cc1S(C)(=O)=O. The molecule has 1 heterocycles. The third-order valence-electron chi connectivity index (χ3n) is 3.66. The van der Waals surface area contributed by atoms with E-state index < -0.39 is 9.84 Å². The normalized spacial score (nSPS) is 17.1. The zero-order valence-corrected chi connectivity index (χ0v) is 13.4. The van der Waals surface area contributed by atoms with Gasteiger partial charge in [0.2, 0.25) is 0 Å². The summed E-state index contributed by atoms with van der Waals surface area (Å²) in [6.45, 7) is 2.04. The van der Waals surface area contributed by atoms with E-state index in [0.29, 0.717) is 10.9 Å². The highest BCUT2D eigenvalue weighted by Crippen LogP contribution is 2.34. The van der Waals surface area contributed by atoms with Crippen molar-refractivity contribution in [3.63, 3.8) is 0 Å². The predicted octanol–water partition coefficient (Wildman–Crippen LogP) is 2.29. The molecule has 112 valence electrons. The van der Waals surface area contributed by atoms with Crippen LogP contribution in [0, 0.1) is 5.92 Å². The van der Waals surface area contributed by atoms with E-state index >= 15 is 0 Å². The molecule has 4 nitrogen and oxygen atoms in total. The minimum absolute atomic E-state index is 0.177. The first-order chi connectivity index (χ1) is 9.41. The van der Waals surface area contributed by atoms with Gasteiger partial charge < -0.3 is 10.1 Å². The Morgan fingerprint density at radius 2 is 2.00 bits per heavy atom. The fourth-order valence-corrected chi connectivity index (χ4v) is 3.90. The van der Waals surface area contributed by atoms with Crippen LogP contribution in [0.3, 0.4) is 0 Å². The van der Waals surface area contributed by atoms with Crippen molar-refractivity contribution in [3.05, 3.63) is 22.7 Å². The van der Waals surface area contributed by atoms with Gasteiger partial charge in [0.1, 0.15) is 4.90 Å². The fraction of sp³-hybridized carbons (Fsp3) is 0.571. The highest BCUT2D eigenvalue weighted by Gasteiger charge is 2.20. The van der Waals surface area contributed by atoms with Gasteiger partial charge >= 0.3 is 0 Å². The number of ether oxygens (including phenoxy) is 1. The molecule has 1 N–H and O–H groups in total. The van der Waals surface area contributed by atoms with Crippen LogP contribution in [0.2, 0.25) is 5.02 Å². The maximum absolute atomic E-state index is 11.9. The van der Waals surface area contributed by atoms with Gasteiger partial charge in [-0.1, -0.05) is 11.6 Å². The van der Waals surface area contributed by atoms with Crippen LogP contribution in [0.1, 0.15) is 18.4 Å². The van der Waals surface area contributed by atoms with Gasteiger partial charge in [0.05, 0.1) is 12.1 Å². The van der Waals surface area contributed by atoms with Gasteiger partial charge in [-0.15, -0.1) is 0 Å². The van der Waals surface area contributed by atoms with Crippen molar-refractivity contribution in [1.82, 2.24) is 5.32 Å². The molecule has 20 heavy (non-hydrogen) atoms. The smallest absolute Gasteiger partial charge is 0.179 e. The summed E-state index contributed by atoms with van der Waals surface area (Å²) >= 11 is 6.16. The van der Waals surface area contributed by atoms with E-state index in [0.717, 1.165) is 37.9 Å². The summed E-state index contributed by atoms with van der Waals surface area (Å²) < 4.78 is 28.8. The summed E-state index contributed by atoms with van der Waals surface area (Å²) in [5, 5.41) is 3.68. The maximum atomic E-state index is 11.9. The van der Waals surface area contributed by atoms with Crippen LogP contribution in [0.25, 0.3) is 0 Å². The van der Waals surface area contributed by atoms with Crippen molar-refractivity contribution >= 4 is 21.4 Å². The molecule has 1 aliphatic rings. The van der Waals surface area contributed by atoms with E-state index in [4.69, 9.17) is 16.3 Å². The van der Waals surface area contributed by atoms with Gasteiger partial charge in [-0.25, -0.2) is 8.42 Å². The van der Waals surface area contributed by atoms with Gasteiger partial charge in [0.25, 0.3) is 0 Å². The van der Waals surface area contributed by atoms with Crippen LogP contribution in [-0.4, -0.2) is 34.9 Å². The van der Waals surface area contributed by atoms with Crippen LogP contribution in [0.4, 0.5) is 0 Å². The third kappa shape index (κ3) is 3.65. The Kier molecular flexibility index (Phi) is 4.94. The summed E-state index contributed by atoms with van der Waals surface area (Å²) in [5.41, 5.74) is 0.961. The van der Waals surface area contributed by atoms with Crippen LogP contribution in [0.5, 0.6) is 5.75 Å². The summed E-state index contributed by atoms with van der Waals surface area (Å²) in [6, 6.07) is 3.51. The summed E-state index contributed by atoms with van der Waals surface area (Å²) in [7, 11) is -1.92. The van der Waals surface area contributed by atoms with Gasteiger partial charge in [-0.05, 0) is 56.0 Å². The number of methoxy groups -OCH3 is 1. The first-order valence-corrected chi connectivity index (χ1v) is 8.96. The number of halogens is 1. The van der Waals surface area contributed by atoms with Crippen molar-refractivity contribution in [2.45, 2.75) is 24.2 Å². The lowest BCUT2D eigenvalue weighted by Crippen LogP contribution is -2.28. The molecule has 1 fully saturated rings. The average Bonchev–Trinajstić information content (AvgIpc) is 2.38. The molecule has 2 rings (SSSR count). The van der Waals surface area contributed by atoms with E-state index in [-0.39, 0.29) is 10.6 Å². The Hall–Kier alpha value is -0.780. The number of piperidine rings is 1. The van der Waals surface area contributed by atoms with E-state index in [1.165, 1.54) is 13.4 Å². The summed E-state index contributed by atoms with van der Waals surface area (Å²) in [4.78, 5) is 0.177. The Morgan fingerprint density at radius 1 is 1.35 bits per heavy atom. The first-order valence-electron chi connectivity index (χ1n) is 6.69. The van der Waals surface area contributed by atoms with E-state index in [1.807, 2.05) is 6.07 Å². The molecular weight excluding hydrogens is 298 g/mol. The Bertz CT molecular complexity index is 580. The molecule has 0 aliphatic carbocycles. The molecule has 1 aromatic rings. The highest BCUT2D eigenvalue weighted by atomic mass is 35.5. The first kappa shape index (κ1) is 15.6. The molecule has 0 spiro atoms. The van der Waals surface area contributed by atoms with E-state index in [1.54, 1.807) is 6.07 Å². The largest absolute Gasteiger partial charge is 0.494 e. The zero-order chi connectivity index (χ0) is 14.8. The molecule has 1 aliphatic heterocycles. The predicted molar refractivity (Wildman–Crippen MR) is 80.4 cm³/mol. The second-order valence-electron chi connectivity index (χ2n) is 5.28. The number of hydrogen-bond donors (Lipinski definition) is 1. The Labute approximate surface area is 125 Å². The molecule has 0 radical (unpaired) electrons. The molecule has 0 amide bonds. The molecule has 6 heteroatoms. The van der Waals surface area contributed by atoms with Crippen molar-refractivity contribution < 1.29 is 13.2 Å². The lowest BCUT2D eigenvalue weighted by atomic mass is 9.91. The van der Waals surface area contributed by atoms with Crippen LogP contribution >= 0.6 is 11.6 Å². The van der Waals surface area contributed by atoms with Crippen molar-refractivity contribution in [1.29, 1.82) is 0 Å². The summed E-state index contributed by atoms with van der Waals surface area (Å²) in [6.07, 6.45) is 4.25. The lowest BCUT2D eigenvalue weighted by molar-refractivity contribution is 0.371. The second-order valence-corrected chi connectivity index (χ2v) is 7.67. The highest BCUT2D eigenvalue weighted by molar-refractivity contribution is 7.90. The van der Waals surface area contributed by atoms with Crippen molar-refractivity contribution in [2.24, 2.45) is 5.92 Å². The van der Waals surface area contributed by atoms with E-state index in [2.05, 4.69) is 5.32 Å². The minimum atomic E-state index is -3.35. The van der Waals surface area contributed by atoms with Gasteiger partial charge in [0.15, 0.2) is 15.6 Å². The average molecular weight is 318 g/mol. The minimum Gasteiger partial charge on any atom is -0.494 e. The number of rotatable bonds is 4. The molecule has 0 saturated carbocycles. The van der Waals surface area contributed by atoms with Crippen LogP contribution in [0.15, 0.2) is 17.0 Å². The molecule has 1 saturated heterocycles. The van der Waals surface area contributed by atoms with Crippen LogP contribution in [-0.2, 0) is 16.3 Å². The Morgan fingerprint density at radius 3 is 2.55 bits per heavy atom. The maximum Gasteiger partial charge on any atom is 0.179 e. The van der Waals surface area contributed by atoms with Gasteiger partial charge in [-0.2, -0.15) is 0 Å². The molecule has 0 atom stereocenters. The molecule has 0 aromatic heterocycles. The Balaban J connectivity index is 2.33. The standard InChI is InChI=1S/C14H20ClNO3S/c1-19-14-12(15)8-11(9-13(14)20(2,17)18)7-10-3-5-16-6-4-10/h8-10,16H,3-7H2,1-2H3. The number of hydrogen-bond acceptors (Lipinski definition) is 4. The molecule has 1 aromatic carbocycles.